The number of aromatic carboxylic acids is 1. The highest BCUT2D eigenvalue weighted by atomic mass is 32.2. The summed E-state index contributed by atoms with van der Waals surface area (Å²) >= 11 is 0.789. The van der Waals surface area contributed by atoms with Crippen molar-refractivity contribution in [1.29, 1.82) is 0 Å². The fourth-order valence-electron chi connectivity index (χ4n) is 4.22. The van der Waals surface area contributed by atoms with Crippen molar-refractivity contribution in [2.24, 2.45) is 5.92 Å². The first kappa shape index (κ1) is 29.3. The number of anilines is 1. The van der Waals surface area contributed by atoms with Crippen molar-refractivity contribution < 1.29 is 49.7 Å². The zero-order chi connectivity index (χ0) is 29.4. The Morgan fingerprint density at radius 1 is 1.15 bits per heavy atom. The van der Waals surface area contributed by atoms with Gasteiger partial charge in [0.15, 0.2) is 16.6 Å². The van der Waals surface area contributed by atoms with Crippen LogP contribution in [0.5, 0.6) is 11.5 Å². The number of benzene rings is 2. The molecule has 0 aliphatic heterocycles. The van der Waals surface area contributed by atoms with Gasteiger partial charge in [-0.2, -0.15) is 21.6 Å². The zero-order valence-electron chi connectivity index (χ0n) is 20.8. The number of nitrogens with zero attached hydrogens (tertiary/aromatic N) is 1. The Labute approximate surface area is 229 Å². The van der Waals surface area contributed by atoms with E-state index >= 15 is 4.39 Å². The molecule has 1 atom stereocenters. The van der Waals surface area contributed by atoms with Crippen LogP contribution < -0.4 is 14.2 Å². The molecule has 1 aliphatic rings. The van der Waals surface area contributed by atoms with Gasteiger partial charge in [0.25, 0.3) is 10.0 Å². The zero-order valence-corrected chi connectivity index (χ0v) is 22.4. The van der Waals surface area contributed by atoms with Crippen LogP contribution in [0.3, 0.4) is 0 Å². The topological polar surface area (TPSA) is 115 Å². The molecule has 0 spiro atoms. The lowest BCUT2D eigenvalue weighted by Gasteiger charge is -2.25. The Morgan fingerprint density at radius 2 is 1.85 bits per heavy atom. The SMILES string of the molecule is COc1cc(C(=O)O)c(F)cc1NS(=O)(=O)c1csc(-c2ccc(C3=CCC(C(F)(F)F)CC3)c(OC)c2F)n1. The van der Waals surface area contributed by atoms with Gasteiger partial charge in [-0.3, -0.25) is 4.72 Å². The van der Waals surface area contributed by atoms with Crippen molar-refractivity contribution in [3.8, 4) is 22.1 Å². The Hall–Kier alpha value is -3.72. The predicted molar refractivity (Wildman–Crippen MR) is 136 cm³/mol. The molecular formula is C25H21F5N2O6S2. The van der Waals surface area contributed by atoms with Crippen LogP contribution in [0.4, 0.5) is 27.6 Å². The minimum atomic E-state index is -4.45. The third-order valence-electron chi connectivity index (χ3n) is 6.27. The highest BCUT2D eigenvalue weighted by Crippen LogP contribution is 2.43. The molecule has 40 heavy (non-hydrogen) atoms. The van der Waals surface area contributed by atoms with E-state index in [0.29, 0.717) is 11.6 Å². The summed E-state index contributed by atoms with van der Waals surface area (Å²) in [6.07, 6.45) is -3.21. The number of halogens is 5. The van der Waals surface area contributed by atoms with Crippen molar-refractivity contribution in [3.63, 3.8) is 0 Å². The molecule has 214 valence electrons. The standard InChI is InChI=1S/C25H21F5N2O6S2/c1-37-19-9-16(24(33)34)17(26)10-18(19)32-40(35,36)20-11-39-23(31-20)15-8-7-14(22(38-2)21(15)27)12-3-5-13(6-4-12)25(28,29)30/h3,7-11,13,32H,4-6H2,1-2H3,(H,33,34). The van der Waals surface area contributed by atoms with E-state index in [1.807, 2.05) is 0 Å². The number of carboxylic acids is 1. The minimum Gasteiger partial charge on any atom is -0.495 e. The van der Waals surface area contributed by atoms with Crippen molar-refractivity contribution in [3.05, 3.63) is 58.5 Å². The number of sulfonamides is 1. The maximum absolute atomic E-state index is 15.5. The molecule has 2 N–H and O–H groups in total. The number of rotatable bonds is 8. The van der Waals surface area contributed by atoms with Crippen LogP contribution >= 0.6 is 11.3 Å². The average Bonchev–Trinajstić information content (AvgIpc) is 3.39. The maximum Gasteiger partial charge on any atom is 0.392 e. The summed E-state index contributed by atoms with van der Waals surface area (Å²) < 4.78 is 107. The quantitative estimate of drug-likeness (QED) is 0.288. The predicted octanol–water partition coefficient (Wildman–Crippen LogP) is 6.35. The summed E-state index contributed by atoms with van der Waals surface area (Å²) in [5.41, 5.74) is -0.428. The second-order valence-electron chi connectivity index (χ2n) is 8.68. The highest BCUT2D eigenvalue weighted by Gasteiger charge is 2.40. The van der Waals surface area contributed by atoms with Gasteiger partial charge >= 0.3 is 12.1 Å². The van der Waals surface area contributed by atoms with Crippen molar-refractivity contribution in [1.82, 2.24) is 4.98 Å². The summed E-state index contributed by atoms with van der Waals surface area (Å²) in [4.78, 5) is 15.1. The van der Waals surface area contributed by atoms with E-state index in [9.17, 15) is 30.8 Å². The number of ether oxygens (including phenoxy) is 2. The summed E-state index contributed by atoms with van der Waals surface area (Å²) in [5, 5.41) is 9.60. The van der Waals surface area contributed by atoms with E-state index < -0.39 is 50.3 Å². The van der Waals surface area contributed by atoms with E-state index in [0.717, 1.165) is 29.9 Å². The molecular weight excluding hydrogens is 583 g/mol. The smallest absolute Gasteiger partial charge is 0.392 e. The van der Waals surface area contributed by atoms with Crippen LogP contribution in [-0.4, -0.2) is 44.9 Å². The molecule has 0 saturated carbocycles. The largest absolute Gasteiger partial charge is 0.495 e. The van der Waals surface area contributed by atoms with Crippen LogP contribution in [0.2, 0.25) is 0 Å². The number of methoxy groups -OCH3 is 2. The van der Waals surface area contributed by atoms with Gasteiger partial charge in [-0.1, -0.05) is 12.1 Å². The summed E-state index contributed by atoms with van der Waals surface area (Å²) in [7, 11) is -2.11. The van der Waals surface area contributed by atoms with Gasteiger partial charge in [0, 0.05) is 17.0 Å². The molecule has 0 fully saturated rings. The average molecular weight is 605 g/mol. The number of hydrogen-bond donors (Lipinski definition) is 2. The van der Waals surface area contributed by atoms with Crippen LogP contribution in [-0.2, 0) is 10.0 Å². The van der Waals surface area contributed by atoms with Gasteiger partial charge in [0.05, 0.1) is 37.0 Å². The van der Waals surface area contributed by atoms with E-state index in [4.69, 9.17) is 14.6 Å². The lowest BCUT2D eigenvalue weighted by Crippen LogP contribution is -2.24. The second kappa shape index (κ2) is 11.0. The molecule has 1 aromatic heterocycles. The van der Waals surface area contributed by atoms with Gasteiger partial charge in [-0.05, 0) is 37.0 Å². The molecule has 0 bridgehead atoms. The molecule has 4 rings (SSSR count). The Balaban J connectivity index is 1.63. The first-order chi connectivity index (χ1) is 18.8. The molecule has 3 aromatic rings. The van der Waals surface area contributed by atoms with Gasteiger partial charge in [0.2, 0.25) is 0 Å². The monoisotopic (exact) mass is 604 g/mol. The Morgan fingerprint density at radius 3 is 2.42 bits per heavy atom. The molecule has 1 aliphatic carbocycles. The van der Waals surface area contributed by atoms with Crippen molar-refractivity contribution in [2.45, 2.75) is 30.5 Å². The molecule has 1 unspecified atom stereocenters. The number of allylic oxidation sites excluding steroid dienone is 2. The fraction of sp³-hybridized carbons (Fsp3) is 0.280. The van der Waals surface area contributed by atoms with E-state index in [1.165, 1.54) is 25.3 Å². The molecule has 0 radical (unpaired) electrons. The maximum atomic E-state index is 15.5. The Bertz CT molecular complexity index is 1600. The van der Waals surface area contributed by atoms with E-state index in [2.05, 4.69) is 9.71 Å². The van der Waals surface area contributed by atoms with Crippen LogP contribution in [0, 0.1) is 17.6 Å². The van der Waals surface area contributed by atoms with Crippen LogP contribution in [0.1, 0.15) is 35.2 Å². The first-order valence-electron chi connectivity index (χ1n) is 11.5. The lowest BCUT2D eigenvalue weighted by molar-refractivity contribution is -0.175. The van der Waals surface area contributed by atoms with Crippen LogP contribution in [0.25, 0.3) is 16.1 Å². The normalized spacial score (nSPS) is 15.9. The van der Waals surface area contributed by atoms with Gasteiger partial charge in [-0.25, -0.2) is 18.6 Å². The first-order valence-corrected chi connectivity index (χ1v) is 13.8. The number of carboxylic acid groups (broad SMARTS) is 1. The molecule has 15 heteroatoms. The molecule has 0 amide bonds. The van der Waals surface area contributed by atoms with Gasteiger partial charge < -0.3 is 14.6 Å². The third-order valence-corrected chi connectivity index (χ3v) is 8.55. The fourth-order valence-corrected chi connectivity index (χ4v) is 6.39. The second-order valence-corrected chi connectivity index (χ2v) is 11.2. The highest BCUT2D eigenvalue weighted by molar-refractivity contribution is 7.92. The van der Waals surface area contributed by atoms with Gasteiger partial charge in [-0.15, -0.1) is 11.3 Å². The molecule has 8 nitrogen and oxygen atoms in total. The molecule has 1 heterocycles. The molecule has 0 saturated heterocycles. The molecule has 2 aromatic carbocycles. The summed E-state index contributed by atoms with van der Waals surface area (Å²) in [6.45, 7) is 0. The lowest BCUT2D eigenvalue weighted by atomic mass is 9.85. The summed E-state index contributed by atoms with van der Waals surface area (Å²) in [6, 6.07) is 4.27. The number of thiazole rings is 1. The van der Waals surface area contributed by atoms with Gasteiger partial charge in [0.1, 0.15) is 16.6 Å². The van der Waals surface area contributed by atoms with E-state index in [1.54, 1.807) is 0 Å². The Kier molecular flexibility index (Phi) is 8.08. The minimum absolute atomic E-state index is 0.0446. The van der Waals surface area contributed by atoms with Crippen molar-refractivity contribution >= 4 is 38.6 Å². The number of carbonyl (C=O) groups is 1. The number of nitrogens with one attached hydrogen (secondary N) is 1. The van der Waals surface area contributed by atoms with Crippen LogP contribution in [0.15, 0.2) is 40.7 Å². The van der Waals surface area contributed by atoms with E-state index in [-0.39, 0.29) is 52.6 Å². The van der Waals surface area contributed by atoms with Crippen molar-refractivity contribution in [2.75, 3.05) is 18.9 Å². The third kappa shape index (κ3) is 5.75. The summed E-state index contributed by atoms with van der Waals surface area (Å²) in [5.74, 6) is -5.61. The number of aromatic nitrogens is 1. The number of alkyl halides is 3. The number of hydrogen-bond acceptors (Lipinski definition) is 7.